The molecule has 0 radical (unpaired) electrons. The second-order valence-electron chi connectivity index (χ2n) is 7.63. The zero-order chi connectivity index (χ0) is 20.1. The van der Waals surface area contributed by atoms with Gasteiger partial charge >= 0.3 is 0 Å². The number of halogens is 1. The average Bonchev–Trinajstić information content (AvgIpc) is 3.06. The molecule has 0 bridgehead atoms. The summed E-state index contributed by atoms with van der Waals surface area (Å²) in [7, 11) is 0. The van der Waals surface area contributed by atoms with Crippen LogP contribution in [0.25, 0.3) is 11.1 Å². The number of anilines is 1. The third-order valence-corrected chi connectivity index (χ3v) is 5.65. The summed E-state index contributed by atoms with van der Waals surface area (Å²) in [6.45, 7) is 5.86. The first-order chi connectivity index (χ1) is 14.0. The summed E-state index contributed by atoms with van der Waals surface area (Å²) < 4.78 is 13.4. The molecule has 2 aliphatic rings. The number of nitrogens with one attached hydrogen (secondary N) is 1. The molecule has 0 aliphatic carbocycles. The summed E-state index contributed by atoms with van der Waals surface area (Å²) in [4.78, 5) is 27.3. The van der Waals surface area contributed by atoms with Gasteiger partial charge < -0.3 is 10.2 Å². The van der Waals surface area contributed by atoms with Crippen LogP contribution in [0.3, 0.4) is 0 Å². The molecule has 5 rings (SSSR count). The number of aromatic nitrogens is 3. The Morgan fingerprint density at radius 1 is 1.03 bits per heavy atom. The second-order valence-corrected chi connectivity index (χ2v) is 7.63. The molecular formula is C22H20FN5O. The number of hydrogen-bond donors (Lipinski definition) is 1. The monoisotopic (exact) mass is 389 g/mol. The lowest BCUT2D eigenvalue weighted by Crippen LogP contribution is -2.32. The average molecular weight is 389 g/mol. The van der Waals surface area contributed by atoms with Crippen LogP contribution in [0, 0.1) is 19.8 Å². The van der Waals surface area contributed by atoms with E-state index in [2.05, 4.69) is 26.3 Å². The Balaban J connectivity index is 1.49. The summed E-state index contributed by atoms with van der Waals surface area (Å²) in [5.41, 5.74) is 7.33. The van der Waals surface area contributed by atoms with E-state index in [9.17, 15) is 9.18 Å². The maximum Gasteiger partial charge on any atom is 0.253 e. The van der Waals surface area contributed by atoms with Crippen LogP contribution in [0.4, 0.5) is 10.2 Å². The van der Waals surface area contributed by atoms with Crippen molar-refractivity contribution in [2.45, 2.75) is 33.4 Å². The van der Waals surface area contributed by atoms with Crippen molar-refractivity contribution in [3.63, 3.8) is 0 Å². The van der Waals surface area contributed by atoms with Gasteiger partial charge in [0.2, 0.25) is 5.95 Å². The van der Waals surface area contributed by atoms with Gasteiger partial charge in [-0.25, -0.2) is 9.97 Å². The molecule has 7 heteroatoms. The zero-order valence-electron chi connectivity index (χ0n) is 16.3. The quantitative estimate of drug-likeness (QED) is 0.682. The van der Waals surface area contributed by atoms with Crippen LogP contribution < -0.4 is 10.2 Å². The van der Waals surface area contributed by atoms with Gasteiger partial charge in [0, 0.05) is 48.7 Å². The molecule has 3 aromatic rings. The lowest BCUT2D eigenvalue weighted by atomic mass is 9.98. The standard InChI is InChI=1S/C22H20FN5O/c1-12-6-20(23)25-9-17(12)14-7-15-11-28(4-3-18(15)24-8-14)21-13(2)5-16-19(27-21)10-26-22(16)29/h5-9H,3-4,10-11H2,1-2H3,(H,26,29). The van der Waals surface area contributed by atoms with Crippen LogP contribution in [0.15, 0.2) is 30.6 Å². The molecule has 3 aromatic heterocycles. The number of carbonyl (C=O) groups excluding carboxylic acids is 1. The smallest absolute Gasteiger partial charge is 0.253 e. The SMILES string of the molecule is Cc1cc(F)ncc1-c1cnc2c(c1)CN(c1nc3c(cc1C)C(=O)NC3)CC2. The number of carbonyl (C=O) groups is 1. The largest absolute Gasteiger partial charge is 0.352 e. The van der Waals surface area contributed by atoms with E-state index in [4.69, 9.17) is 4.98 Å². The van der Waals surface area contributed by atoms with Crippen molar-refractivity contribution in [1.29, 1.82) is 0 Å². The van der Waals surface area contributed by atoms with Gasteiger partial charge in [-0.3, -0.25) is 9.78 Å². The molecular weight excluding hydrogens is 369 g/mol. The molecule has 2 aliphatic heterocycles. The van der Waals surface area contributed by atoms with Crippen molar-refractivity contribution in [2.75, 3.05) is 11.4 Å². The van der Waals surface area contributed by atoms with Gasteiger partial charge in [0.25, 0.3) is 5.91 Å². The van der Waals surface area contributed by atoms with Crippen LogP contribution in [-0.2, 0) is 19.5 Å². The molecule has 0 saturated heterocycles. The van der Waals surface area contributed by atoms with Crippen molar-refractivity contribution in [3.8, 4) is 11.1 Å². The molecule has 0 fully saturated rings. The van der Waals surface area contributed by atoms with Gasteiger partial charge in [-0.1, -0.05) is 0 Å². The highest BCUT2D eigenvalue weighted by atomic mass is 19.1. The maximum absolute atomic E-state index is 13.4. The van der Waals surface area contributed by atoms with Crippen molar-refractivity contribution >= 4 is 11.7 Å². The van der Waals surface area contributed by atoms with Crippen LogP contribution >= 0.6 is 0 Å². The minimum atomic E-state index is -0.477. The van der Waals surface area contributed by atoms with E-state index in [0.717, 1.165) is 58.0 Å². The van der Waals surface area contributed by atoms with Crippen LogP contribution in [0.2, 0.25) is 0 Å². The second kappa shape index (κ2) is 6.62. The highest BCUT2D eigenvalue weighted by Gasteiger charge is 2.26. The van der Waals surface area contributed by atoms with Gasteiger partial charge in [0.15, 0.2) is 0 Å². The Morgan fingerprint density at radius 2 is 1.90 bits per heavy atom. The summed E-state index contributed by atoms with van der Waals surface area (Å²) in [5.74, 6) is 0.383. The predicted molar refractivity (Wildman–Crippen MR) is 107 cm³/mol. The summed E-state index contributed by atoms with van der Waals surface area (Å²) in [5, 5.41) is 2.83. The van der Waals surface area contributed by atoms with Gasteiger partial charge in [0.1, 0.15) is 5.82 Å². The number of pyridine rings is 3. The fourth-order valence-electron chi connectivity index (χ4n) is 4.13. The highest BCUT2D eigenvalue weighted by Crippen LogP contribution is 2.30. The number of hydrogen-bond acceptors (Lipinski definition) is 5. The van der Waals surface area contributed by atoms with Crippen molar-refractivity contribution in [1.82, 2.24) is 20.3 Å². The molecule has 29 heavy (non-hydrogen) atoms. The number of amides is 1. The van der Waals surface area contributed by atoms with Crippen LogP contribution in [-0.4, -0.2) is 27.4 Å². The molecule has 0 aromatic carbocycles. The summed E-state index contributed by atoms with van der Waals surface area (Å²) >= 11 is 0. The molecule has 0 atom stereocenters. The Hall–Kier alpha value is -3.35. The van der Waals surface area contributed by atoms with E-state index in [1.807, 2.05) is 26.1 Å². The van der Waals surface area contributed by atoms with Crippen LogP contribution in [0.1, 0.15) is 38.4 Å². The first-order valence-electron chi connectivity index (χ1n) is 9.63. The van der Waals surface area contributed by atoms with E-state index < -0.39 is 5.95 Å². The first kappa shape index (κ1) is 17.7. The van der Waals surface area contributed by atoms with Gasteiger partial charge in [-0.2, -0.15) is 4.39 Å². The Labute approximate surface area is 167 Å². The molecule has 146 valence electrons. The summed E-state index contributed by atoms with van der Waals surface area (Å²) in [6, 6.07) is 5.48. The lowest BCUT2D eigenvalue weighted by molar-refractivity contribution is 0.0965. The summed E-state index contributed by atoms with van der Waals surface area (Å²) in [6.07, 6.45) is 4.23. The molecule has 5 heterocycles. The minimum Gasteiger partial charge on any atom is -0.352 e. The minimum absolute atomic E-state index is 0.0525. The zero-order valence-corrected chi connectivity index (χ0v) is 16.3. The van der Waals surface area contributed by atoms with Gasteiger partial charge in [0.05, 0.1) is 17.8 Å². The Morgan fingerprint density at radius 3 is 2.72 bits per heavy atom. The van der Waals surface area contributed by atoms with Crippen LogP contribution in [0.5, 0.6) is 0 Å². The number of nitrogens with zero attached hydrogens (tertiary/aromatic N) is 4. The van der Waals surface area contributed by atoms with Gasteiger partial charge in [-0.05, 0) is 48.7 Å². The molecule has 6 nitrogen and oxygen atoms in total. The van der Waals surface area contributed by atoms with E-state index in [1.165, 1.54) is 6.07 Å². The third kappa shape index (κ3) is 3.03. The third-order valence-electron chi connectivity index (χ3n) is 5.65. The van der Waals surface area contributed by atoms with Crippen molar-refractivity contribution in [3.05, 3.63) is 70.2 Å². The van der Waals surface area contributed by atoms with Crippen molar-refractivity contribution in [2.24, 2.45) is 0 Å². The van der Waals surface area contributed by atoms with E-state index in [-0.39, 0.29) is 5.91 Å². The Bertz CT molecular complexity index is 1160. The number of aryl methyl sites for hydroxylation is 2. The fourth-order valence-corrected chi connectivity index (χ4v) is 4.13. The van der Waals surface area contributed by atoms with E-state index in [1.54, 1.807) is 6.20 Å². The number of fused-ring (bicyclic) bond motifs is 2. The number of rotatable bonds is 2. The predicted octanol–water partition coefficient (Wildman–Crippen LogP) is 3.10. The van der Waals surface area contributed by atoms with E-state index >= 15 is 0 Å². The Kier molecular flexibility index (Phi) is 4.04. The molecule has 0 unspecified atom stereocenters. The lowest BCUT2D eigenvalue weighted by Gasteiger charge is -2.31. The first-order valence-corrected chi connectivity index (χ1v) is 9.63. The fraction of sp³-hybridized carbons (Fsp3) is 0.273. The molecule has 0 saturated carbocycles. The van der Waals surface area contributed by atoms with E-state index in [0.29, 0.717) is 18.7 Å². The normalized spacial score (nSPS) is 15.1. The molecule has 1 amide bonds. The highest BCUT2D eigenvalue weighted by molar-refractivity contribution is 5.98. The van der Waals surface area contributed by atoms with Crippen molar-refractivity contribution < 1.29 is 9.18 Å². The topological polar surface area (TPSA) is 71.0 Å². The maximum atomic E-state index is 13.4. The molecule has 1 N–H and O–H groups in total. The van der Waals surface area contributed by atoms with Gasteiger partial charge in [-0.15, -0.1) is 0 Å². The molecule has 0 spiro atoms.